The molecule has 148 valence electrons. The predicted molar refractivity (Wildman–Crippen MR) is 109 cm³/mol. The standard InChI is InChI=1S/C20H20F2N4O.ClH/c21-13-8-9-18(17(22)11-13)26-20(27)16-7-2-1-6-15(16)19(24-26)25-10-4-3-5-14(23)12-25;/h1-2,6-9,11,14H,3-5,10,12,23H2;1H/t14-;/m1./s1. The molecule has 0 unspecified atom stereocenters. The van der Waals surface area contributed by atoms with Gasteiger partial charge < -0.3 is 10.6 Å². The molecule has 2 aromatic carbocycles. The van der Waals surface area contributed by atoms with Crippen molar-refractivity contribution in [1.29, 1.82) is 0 Å². The lowest BCUT2D eigenvalue weighted by Crippen LogP contribution is -2.37. The molecule has 4 rings (SSSR count). The Balaban J connectivity index is 0.00000225. The number of rotatable bonds is 2. The average Bonchev–Trinajstić information content (AvgIpc) is 2.87. The van der Waals surface area contributed by atoms with Crippen molar-refractivity contribution in [3.63, 3.8) is 0 Å². The van der Waals surface area contributed by atoms with E-state index in [9.17, 15) is 13.6 Å². The van der Waals surface area contributed by atoms with Gasteiger partial charge in [-0.3, -0.25) is 4.79 Å². The summed E-state index contributed by atoms with van der Waals surface area (Å²) in [6.45, 7) is 1.37. The smallest absolute Gasteiger partial charge is 0.279 e. The Hall–Kier alpha value is -2.51. The molecular weight excluding hydrogens is 386 g/mol. The van der Waals surface area contributed by atoms with Crippen LogP contribution in [0.4, 0.5) is 14.6 Å². The first-order valence-electron chi connectivity index (χ1n) is 9.02. The third kappa shape index (κ3) is 3.72. The number of hydrogen-bond donors (Lipinski definition) is 1. The van der Waals surface area contributed by atoms with Crippen LogP contribution in [0.2, 0.25) is 0 Å². The summed E-state index contributed by atoms with van der Waals surface area (Å²) in [6.07, 6.45) is 2.93. The van der Waals surface area contributed by atoms with Crippen LogP contribution in [-0.4, -0.2) is 28.9 Å². The summed E-state index contributed by atoms with van der Waals surface area (Å²) in [5, 5.41) is 5.61. The molecule has 0 bridgehead atoms. The van der Waals surface area contributed by atoms with Crippen LogP contribution in [0.5, 0.6) is 0 Å². The summed E-state index contributed by atoms with van der Waals surface area (Å²) in [5.74, 6) is -0.950. The van der Waals surface area contributed by atoms with Crippen molar-refractivity contribution in [3.8, 4) is 5.69 Å². The van der Waals surface area contributed by atoms with Gasteiger partial charge >= 0.3 is 0 Å². The second kappa shape index (κ2) is 8.24. The highest BCUT2D eigenvalue weighted by molar-refractivity contribution is 5.91. The van der Waals surface area contributed by atoms with Crippen LogP contribution in [0.1, 0.15) is 19.3 Å². The number of hydrogen-bond acceptors (Lipinski definition) is 4. The Kier molecular flexibility index (Phi) is 5.96. The monoisotopic (exact) mass is 406 g/mol. The lowest BCUT2D eigenvalue weighted by atomic mass is 10.1. The quantitative estimate of drug-likeness (QED) is 0.708. The highest BCUT2D eigenvalue weighted by Crippen LogP contribution is 2.26. The zero-order valence-corrected chi connectivity index (χ0v) is 16.0. The molecular formula is C20H21ClF2N4O. The first kappa shape index (κ1) is 20.2. The Morgan fingerprint density at radius 3 is 2.57 bits per heavy atom. The van der Waals surface area contributed by atoms with Gasteiger partial charge in [-0.1, -0.05) is 24.6 Å². The fraction of sp³-hybridized carbons (Fsp3) is 0.300. The van der Waals surface area contributed by atoms with Crippen molar-refractivity contribution in [1.82, 2.24) is 9.78 Å². The third-order valence-corrected chi connectivity index (χ3v) is 4.93. The van der Waals surface area contributed by atoms with E-state index in [1.807, 2.05) is 12.1 Å². The molecule has 1 atom stereocenters. The van der Waals surface area contributed by atoms with Gasteiger partial charge in [-0.05, 0) is 31.0 Å². The second-order valence-electron chi connectivity index (χ2n) is 6.88. The van der Waals surface area contributed by atoms with Crippen molar-refractivity contribution >= 4 is 29.0 Å². The Morgan fingerprint density at radius 1 is 1.07 bits per heavy atom. The van der Waals surface area contributed by atoms with Crippen molar-refractivity contribution in [2.75, 3.05) is 18.0 Å². The number of aromatic nitrogens is 2. The number of fused-ring (bicyclic) bond motifs is 1. The lowest BCUT2D eigenvalue weighted by Gasteiger charge is -2.25. The molecule has 0 aliphatic carbocycles. The minimum Gasteiger partial charge on any atom is -0.353 e. The van der Waals surface area contributed by atoms with Crippen LogP contribution >= 0.6 is 12.4 Å². The Morgan fingerprint density at radius 2 is 1.82 bits per heavy atom. The van der Waals surface area contributed by atoms with Crippen LogP contribution in [0, 0.1) is 11.6 Å². The third-order valence-electron chi connectivity index (χ3n) is 4.93. The normalized spacial score (nSPS) is 17.2. The zero-order chi connectivity index (χ0) is 19.0. The average molecular weight is 407 g/mol. The molecule has 0 radical (unpaired) electrons. The SMILES string of the molecule is Cl.N[C@@H]1CCCCN(c2nn(-c3ccc(F)cc3F)c(=O)c3ccccc23)C1. The van der Waals surface area contributed by atoms with Gasteiger partial charge in [0.15, 0.2) is 11.6 Å². The maximum atomic E-state index is 14.3. The number of benzene rings is 2. The molecule has 1 aliphatic rings. The van der Waals surface area contributed by atoms with Crippen LogP contribution in [0.25, 0.3) is 16.5 Å². The van der Waals surface area contributed by atoms with Crippen molar-refractivity contribution in [3.05, 3.63) is 64.5 Å². The molecule has 0 amide bonds. The molecule has 8 heteroatoms. The molecule has 5 nitrogen and oxygen atoms in total. The van der Waals surface area contributed by atoms with E-state index in [1.165, 1.54) is 6.07 Å². The van der Waals surface area contributed by atoms with Crippen LogP contribution < -0.4 is 16.2 Å². The summed E-state index contributed by atoms with van der Waals surface area (Å²) in [5.41, 5.74) is 5.66. The van der Waals surface area contributed by atoms with Gasteiger partial charge in [0.05, 0.1) is 5.39 Å². The van der Waals surface area contributed by atoms with Crippen LogP contribution in [0.15, 0.2) is 47.3 Å². The van der Waals surface area contributed by atoms with E-state index in [1.54, 1.807) is 12.1 Å². The predicted octanol–water partition coefficient (Wildman–Crippen LogP) is 3.40. The first-order valence-corrected chi connectivity index (χ1v) is 9.02. The van der Waals surface area contributed by atoms with E-state index in [2.05, 4.69) is 10.00 Å². The topological polar surface area (TPSA) is 64.2 Å². The second-order valence-corrected chi connectivity index (χ2v) is 6.88. The fourth-order valence-electron chi connectivity index (χ4n) is 3.59. The molecule has 1 fully saturated rings. The maximum Gasteiger partial charge on any atom is 0.279 e. The largest absolute Gasteiger partial charge is 0.353 e. The minimum atomic E-state index is -0.835. The van der Waals surface area contributed by atoms with Gasteiger partial charge in [0.1, 0.15) is 11.5 Å². The molecule has 1 aromatic heterocycles. The number of halogens is 3. The van der Waals surface area contributed by atoms with Gasteiger partial charge in [0, 0.05) is 30.6 Å². The van der Waals surface area contributed by atoms with Crippen LogP contribution in [-0.2, 0) is 0 Å². The van der Waals surface area contributed by atoms with Crippen molar-refractivity contribution < 1.29 is 8.78 Å². The molecule has 0 spiro atoms. The molecule has 2 N–H and O–H groups in total. The Bertz CT molecular complexity index is 1060. The number of anilines is 1. The molecule has 3 aromatic rings. The molecule has 28 heavy (non-hydrogen) atoms. The Labute approximate surface area is 167 Å². The van der Waals surface area contributed by atoms with E-state index in [0.29, 0.717) is 23.1 Å². The number of nitrogens with zero attached hydrogens (tertiary/aromatic N) is 3. The summed E-state index contributed by atoms with van der Waals surface area (Å²) in [4.78, 5) is 15.0. The summed E-state index contributed by atoms with van der Waals surface area (Å²) < 4.78 is 28.7. The highest BCUT2D eigenvalue weighted by atomic mass is 35.5. The number of nitrogens with two attached hydrogens (primary N) is 1. The van der Waals surface area contributed by atoms with Gasteiger partial charge in [-0.15, -0.1) is 17.5 Å². The van der Waals surface area contributed by atoms with Crippen molar-refractivity contribution in [2.24, 2.45) is 5.73 Å². The molecule has 1 aliphatic heterocycles. The first-order chi connectivity index (χ1) is 13.0. The summed E-state index contributed by atoms with van der Waals surface area (Å²) >= 11 is 0. The minimum absolute atomic E-state index is 0. The van der Waals surface area contributed by atoms with E-state index in [0.717, 1.165) is 42.6 Å². The van der Waals surface area contributed by atoms with E-state index in [4.69, 9.17) is 5.73 Å². The van der Waals surface area contributed by atoms with Gasteiger partial charge in [-0.2, -0.15) is 4.68 Å². The van der Waals surface area contributed by atoms with Gasteiger partial charge in [-0.25, -0.2) is 8.78 Å². The van der Waals surface area contributed by atoms with Crippen molar-refractivity contribution in [2.45, 2.75) is 25.3 Å². The van der Waals surface area contributed by atoms with E-state index < -0.39 is 17.2 Å². The highest BCUT2D eigenvalue weighted by Gasteiger charge is 2.21. The molecule has 2 heterocycles. The van der Waals surface area contributed by atoms with E-state index >= 15 is 0 Å². The summed E-state index contributed by atoms with van der Waals surface area (Å²) in [6, 6.07) is 10.2. The van der Waals surface area contributed by atoms with Gasteiger partial charge in [0.2, 0.25) is 0 Å². The zero-order valence-electron chi connectivity index (χ0n) is 15.1. The summed E-state index contributed by atoms with van der Waals surface area (Å²) in [7, 11) is 0. The van der Waals surface area contributed by atoms with Crippen LogP contribution in [0.3, 0.4) is 0 Å². The fourth-order valence-corrected chi connectivity index (χ4v) is 3.59. The lowest BCUT2D eigenvalue weighted by molar-refractivity contribution is 0.570. The molecule has 1 saturated heterocycles. The van der Waals surface area contributed by atoms with Gasteiger partial charge in [0.25, 0.3) is 5.56 Å². The van der Waals surface area contributed by atoms with E-state index in [-0.39, 0.29) is 24.1 Å². The molecule has 0 saturated carbocycles. The maximum absolute atomic E-state index is 14.3.